The van der Waals surface area contributed by atoms with Crippen molar-refractivity contribution < 1.29 is 9.47 Å². The lowest BCUT2D eigenvalue weighted by atomic mass is 10.0. The van der Waals surface area contributed by atoms with Crippen LogP contribution in [0.4, 0.5) is 0 Å². The monoisotopic (exact) mass is 245 g/mol. The highest BCUT2D eigenvalue weighted by Gasteiger charge is 2.36. The second-order valence-corrected chi connectivity index (χ2v) is 4.35. The maximum atomic E-state index is 6.01. The predicted molar refractivity (Wildman–Crippen MR) is 59.6 cm³/mol. The van der Waals surface area contributed by atoms with Gasteiger partial charge in [-0.3, -0.25) is 4.57 Å². The zero-order valence-electron chi connectivity index (χ0n) is 9.57. The number of aromatic nitrogens is 3. The lowest BCUT2D eigenvalue weighted by Gasteiger charge is -2.26. The van der Waals surface area contributed by atoms with E-state index in [2.05, 4.69) is 10.2 Å². The van der Waals surface area contributed by atoms with Gasteiger partial charge in [-0.15, -0.1) is 10.2 Å². The minimum atomic E-state index is -0.282. The van der Waals surface area contributed by atoms with Gasteiger partial charge in [0.1, 0.15) is 11.4 Å². The number of methoxy groups -OCH3 is 1. The van der Waals surface area contributed by atoms with Crippen LogP contribution in [0.5, 0.6) is 0 Å². The van der Waals surface area contributed by atoms with Gasteiger partial charge in [0.15, 0.2) is 0 Å². The number of hydrogen-bond acceptors (Lipinski definition) is 4. The van der Waals surface area contributed by atoms with Crippen LogP contribution in [0, 0.1) is 0 Å². The molecule has 1 aliphatic rings. The van der Waals surface area contributed by atoms with Crippen LogP contribution >= 0.6 is 11.6 Å². The summed E-state index contributed by atoms with van der Waals surface area (Å²) in [6.45, 7) is 4.01. The highest BCUT2D eigenvalue weighted by atomic mass is 35.5. The van der Waals surface area contributed by atoms with Crippen molar-refractivity contribution in [1.29, 1.82) is 0 Å². The van der Waals surface area contributed by atoms with Crippen molar-refractivity contribution in [2.45, 2.75) is 31.9 Å². The van der Waals surface area contributed by atoms with E-state index in [1.54, 1.807) is 7.11 Å². The maximum absolute atomic E-state index is 6.01. The average molecular weight is 246 g/mol. The second-order valence-electron chi connectivity index (χ2n) is 4.01. The van der Waals surface area contributed by atoms with Crippen LogP contribution < -0.4 is 0 Å². The Hall–Kier alpha value is -0.650. The minimum Gasteiger partial charge on any atom is -0.378 e. The molecule has 0 N–H and O–H groups in total. The molecule has 0 spiro atoms. The molecular formula is C10H16ClN3O2. The van der Waals surface area contributed by atoms with E-state index in [1.165, 1.54) is 0 Å². The molecule has 0 aliphatic carbocycles. The summed E-state index contributed by atoms with van der Waals surface area (Å²) >= 11 is 6.01. The van der Waals surface area contributed by atoms with Gasteiger partial charge in [0.2, 0.25) is 5.28 Å². The van der Waals surface area contributed by atoms with E-state index in [-0.39, 0.29) is 5.60 Å². The SMILES string of the molecule is CCc1nnc(Cl)n1CC1(OC)CCOC1. The molecule has 1 aromatic heterocycles. The summed E-state index contributed by atoms with van der Waals surface area (Å²) in [5.74, 6) is 0.883. The highest BCUT2D eigenvalue weighted by Crippen LogP contribution is 2.26. The number of nitrogens with zero attached hydrogens (tertiary/aromatic N) is 3. The Morgan fingerprint density at radius 3 is 2.94 bits per heavy atom. The standard InChI is InChI=1S/C10H16ClN3O2/c1-3-8-12-13-9(11)14(8)6-10(15-2)4-5-16-7-10/h3-7H2,1-2H3. The molecule has 1 fully saturated rings. The Balaban J connectivity index is 2.21. The van der Waals surface area contributed by atoms with Crippen molar-refractivity contribution in [2.75, 3.05) is 20.3 Å². The quantitative estimate of drug-likeness (QED) is 0.802. The number of aryl methyl sites for hydroxylation is 1. The molecule has 1 unspecified atom stereocenters. The van der Waals surface area contributed by atoms with Gasteiger partial charge in [-0.25, -0.2) is 0 Å². The first kappa shape index (κ1) is 11.8. The highest BCUT2D eigenvalue weighted by molar-refractivity contribution is 6.28. The molecule has 2 heterocycles. The van der Waals surface area contributed by atoms with Crippen molar-refractivity contribution in [1.82, 2.24) is 14.8 Å². The Kier molecular flexibility index (Phi) is 3.47. The van der Waals surface area contributed by atoms with Gasteiger partial charge in [0.05, 0.1) is 13.2 Å². The Morgan fingerprint density at radius 1 is 1.56 bits per heavy atom. The van der Waals surface area contributed by atoms with Crippen LogP contribution in [0.1, 0.15) is 19.2 Å². The minimum absolute atomic E-state index is 0.282. The van der Waals surface area contributed by atoms with Crippen molar-refractivity contribution in [3.63, 3.8) is 0 Å². The van der Waals surface area contributed by atoms with Gasteiger partial charge in [-0.1, -0.05) is 6.92 Å². The first-order valence-corrected chi connectivity index (χ1v) is 5.79. The first-order chi connectivity index (χ1) is 7.71. The van der Waals surface area contributed by atoms with Crippen LogP contribution in [0.15, 0.2) is 0 Å². The van der Waals surface area contributed by atoms with E-state index in [1.807, 2.05) is 11.5 Å². The molecule has 1 atom stereocenters. The van der Waals surface area contributed by atoms with Crippen molar-refractivity contribution in [3.8, 4) is 0 Å². The van der Waals surface area contributed by atoms with Crippen molar-refractivity contribution in [3.05, 3.63) is 11.1 Å². The number of hydrogen-bond donors (Lipinski definition) is 0. The summed E-state index contributed by atoms with van der Waals surface area (Å²) in [5.41, 5.74) is -0.282. The molecule has 0 radical (unpaired) electrons. The molecule has 1 aromatic rings. The molecule has 0 bridgehead atoms. The number of ether oxygens (including phenoxy) is 2. The molecule has 0 saturated carbocycles. The van der Waals surface area contributed by atoms with E-state index >= 15 is 0 Å². The normalized spacial score (nSPS) is 25.2. The molecular weight excluding hydrogens is 230 g/mol. The summed E-state index contributed by atoms with van der Waals surface area (Å²) in [4.78, 5) is 0. The van der Waals surface area contributed by atoms with Gasteiger partial charge >= 0.3 is 0 Å². The van der Waals surface area contributed by atoms with Crippen LogP contribution in [-0.4, -0.2) is 40.7 Å². The zero-order valence-corrected chi connectivity index (χ0v) is 10.3. The van der Waals surface area contributed by atoms with Gasteiger partial charge in [-0.2, -0.15) is 0 Å². The fraction of sp³-hybridized carbons (Fsp3) is 0.800. The van der Waals surface area contributed by atoms with E-state index in [9.17, 15) is 0 Å². The summed E-state index contributed by atoms with van der Waals surface area (Å²) in [7, 11) is 1.71. The third-order valence-corrected chi connectivity index (χ3v) is 3.32. The van der Waals surface area contributed by atoms with Gasteiger partial charge in [-0.05, 0) is 11.6 Å². The molecule has 6 heteroatoms. The first-order valence-electron chi connectivity index (χ1n) is 5.41. The molecule has 1 aliphatic heterocycles. The Bertz CT molecular complexity index is 361. The van der Waals surface area contributed by atoms with Gasteiger partial charge in [0.25, 0.3) is 0 Å². The van der Waals surface area contributed by atoms with E-state index < -0.39 is 0 Å². The smallest absolute Gasteiger partial charge is 0.225 e. The molecule has 1 saturated heterocycles. The summed E-state index contributed by atoms with van der Waals surface area (Å²) in [6.07, 6.45) is 1.68. The van der Waals surface area contributed by atoms with Crippen molar-refractivity contribution >= 4 is 11.6 Å². The van der Waals surface area contributed by atoms with E-state index in [0.717, 1.165) is 25.3 Å². The zero-order chi connectivity index (χ0) is 11.6. The third-order valence-electron chi connectivity index (χ3n) is 3.04. The summed E-state index contributed by atoms with van der Waals surface area (Å²) in [6, 6.07) is 0. The van der Waals surface area contributed by atoms with Crippen LogP contribution in [0.25, 0.3) is 0 Å². The summed E-state index contributed by atoms with van der Waals surface area (Å²) < 4.78 is 12.9. The fourth-order valence-corrected chi connectivity index (χ4v) is 2.15. The van der Waals surface area contributed by atoms with Gasteiger partial charge < -0.3 is 9.47 Å². The number of rotatable bonds is 4. The molecule has 90 valence electrons. The third kappa shape index (κ3) is 2.07. The van der Waals surface area contributed by atoms with Crippen LogP contribution in [0.3, 0.4) is 0 Å². The molecule has 2 rings (SSSR count). The molecule has 0 amide bonds. The fourth-order valence-electron chi connectivity index (χ4n) is 1.96. The Labute approximate surface area is 99.7 Å². The lowest BCUT2D eigenvalue weighted by Crippen LogP contribution is -2.37. The van der Waals surface area contributed by atoms with Gasteiger partial charge in [0, 0.05) is 26.6 Å². The largest absolute Gasteiger partial charge is 0.378 e. The Morgan fingerprint density at radius 2 is 2.38 bits per heavy atom. The predicted octanol–water partition coefficient (Wildman–Crippen LogP) is 1.30. The van der Waals surface area contributed by atoms with Crippen LogP contribution in [0.2, 0.25) is 5.28 Å². The van der Waals surface area contributed by atoms with Crippen LogP contribution in [-0.2, 0) is 22.4 Å². The van der Waals surface area contributed by atoms with E-state index in [0.29, 0.717) is 18.4 Å². The molecule has 0 aromatic carbocycles. The average Bonchev–Trinajstić information content (AvgIpc) is 2.89. The van der Waals surface area contributed by atoms with Crippen molar-refractivity contribution in [2.24, 2.45) is 0 Å². The molecule has 16 heavy (non-hydrogen) atoms. The lowest BCUT2D eigenvalue weighted by molar-refractivity contribution is -0.0299. The summed E-state index contributed by atoms with van der Waals surface area (Å²) in [5, 5.41) is 8.32. The number of halogens is 1. The second kappa shape index (κ2) is 4.69. The maximum Gasteiger partial charge on any atom is 0.225 e. The topological polar surface area (TPSA) is 49.2 Å². The van der Waals surface area contributed by atoms with E-state index in [4.69, 9.17) is 21.1 Å². The molecule has 5 nitrogen and oxygen atoms in total.